The van der Waals surface area contributed by atoms with E-state index in [1.807, 2.05) is 6.07 Å². The van der Waals surface area contributed by atoms with Crippen molar-refractivity contribution < 1.29 is 14.4 Å². The number of amides is 4. The molecule has 1 aromatic heterocycles. The molecular formula is C14H21N5O3. The van der Waals surface area contributed by atoms with Crippen molar-refractivity contribution in [1.29, 1.82) is 0 Å². The first kappa shape index (κ1) is 16.0. The Kier molecular flexibility index (Phi) is 4.20. The van der Waals surface area contributed by atoms with Crippen LogP contribution in [-0.4, -0.2) is 46.0 Å². The van der Waals surface area contributed by atoms with E-state index in [1.54, 1.807) is 7.05 Å². The van der Waals surface area contributed by atoms with E-state index in [1.165, 1.54) is 4.90 Å². The van der Waals surface area contributed by atoms with E-state index in [9.17, 15) is 14.4 Å². The monoisotopic (exact) mass is 307 g/mol. The molecule has 1 aliphatic heterocycles. The van der Waals surface area contributed by atoms with Gasteiger partial charge in [0.25, 0.3) is 5.91 Å². The second-order valence-corrected chi connectivity index (χ2v) is 6.50. The molecule has 2 heterocycles. The van der Waals surface area contributed by atoms with Crippen LogP contribution in [0.2, 0.25) is 0 Å². The van der Waals surface area contributed by atoms with E-state index < -0.39 is 18.0 Å². The van der Waals surface area contributed by atoms with Gasteiger partial charge in [-0.25, -0.2) is 4.79 Å². The summed E-state index contributed by atoms with van der Waals surface area (Å²) >= 11 is 0. The van der Waals surface area contributed by atoms with Gasteiger partial charge in [0, 0.05) is 12.5 Å². The van der Waals surface area contributed by atoms with E-state index in [0.29, 0.717) is 6.54 Å². The summed E-state index contributed by atoms with van der Waals surface area (Å²) in [7, 11) is 1.65. The molecule has 4 amide bonds. The average Bonchev–Trinajstić information content (AvgIpc) is 2.96. The third kappa shape index (κ3) is 3.63. The maximum absolute atomic E-state index is 12.1. The van der Waals surface area contributed by atoms with Gasteiger partial charge in [-0.2, -0.15) is 5.10 Å². The van der Waals surface area contributed by atoms with Gasteiger partial charge in [-0.05, 0) is 6.07 Å². The molecule has 0 bridgehead atoms. The fraction of sp³-hybridized carbons (Fsp3) is 0.571. The SMILES string of the molecule is CN(Cc1cc(C(C)(C)C)n[nH]1)C(=O)C[C@H]1NC(=O)NC1=O. The molecule has 1 saturated heterocycles. The Labute approximate surface area is 128 Å². The lowest BCUT2D eigenvalue weighted by atomic mass is 9.92. The first-order valence-electron chi connectivity index (χ1n) is 7.07. The van der Waals surface area contributed by atoms with Gasteiger partial charge in [0.05, 0.1) is 24.4 Å². The molecule has 0 aliphatic carbocycles. The first-order chi connectivity index (χ1) is 10.2. The molecule has 0 aromatic carbocycles. The first-order valence-corrected chi connectivity index (χ1v) is 7.07. The molecular weight excluding hydrogens is 286 g/mol. The predicted molar refractivity (Wildman–Crippen MR) is 78.8 cm³/mol. The minimum atomic E-state index is -0.797. The number of H-pyrrole nitrogens is 1. The number of nitrogens with zero attached hydrogens (tertiary/aromatic N) is 2. The maximum Gasteiger partial charge on any atom is 0.322 e. The van der Waals surface area contributed by atoms with Crippen molar-refractivity contribution in [2.24, 2.45) is 0 Å². The maximum atomic E-state index is 12.1. The minimum Gasteiger partial charge on any atom is -0.340 e. The molecule has 0 unspecified atom stereocenters. The van der Waals surface area contributed by atoms with Crippen molar-refractivity contribution in [2.75, 3.05) is 7.05 Å². The van der Waals surface area contributed by atoms with E-state index in [0.717, 1.165) is 11.4 Å². The quantitative estimate of drug-likeness (QED) is 0.694. The Morgan fingerprint density at radius 1 is 1.36 bits per heavy atom. The van der Waals surface area contributed by atoms with Crippen LogP contribution < -0.4 is 10.6 Å². The Morgan fingerprint density at radius 2 is 2.05 bits per heavy atom. The molecule has 120 valence electrons. The van der Waals surface area contributed by atoms with Crippen molar-refractivity contribution in [1.82, 2.24) is 25.7 Å². The standard InChI is InChI=1S/C14H21N5O3/c1-14(2,3)10-5-8(17-18-10)7-19(4)11(20)6-9-12(21)16-13(22)15-9/h5,9H,6-7H2,1-4H3,(H,17,18)(H2,15,16,21,22)/t9-/m1/s1. The number of nitrogens with one attached hydrogen (secondary N) is 3. The largest absolute Gasteiger partial charge is 0.340 e. The van der Waals surface area contributed by atoms with Crippen LogP contribution in [0.1, 0.15) is 38.6 Å². The number of carbonyl (C=O) groups excluding carboxylic acids is 3. The van der Waals surface area contributed by atoms with Gasteiger partial charge in [0.15, 0.2) is 0 Å². The van der Waals surface area contributed by atoms with Crippen molar-refractivity contribution in [3.63, 3.8) is 0 Å². The van der Waals surface area contributed by atoms with E-state index >= 15 is 0 Å². The van der Waals surface area contributed by atoms with Crippen LogP contribution in [-0.2, 0) is 21.5 Å². The summed E-state index contributed by atoms with van der Waals surface area (Å²) in [5.41, 5.74) is 1.68. The molecule has 8 nitrogen and oxygen atoms in total. The van der Waals surface area contributed by atoms with Crippen LogP contribution in [0.5, 0.6) is 0 Å². The zero-order valence-corrected chi connectivity index (χ0v) is 13.2. The molecule has 2 rings (SSSR count). The molecule has 1 atom stereocenters. The van der Waals surface area contributed by atoms with Crippen molar-refractivity contribution in [3.8, 4) is 0 Å². The molecule has 0 spiro atoms. The van der Waals surface area contributed by atoms with Gasteiger partial charge in [0.2, 0.25) is 5.91 Å². The van der Waals surface area contributed by atoms with Crippen LogP contribution >= 0.6 is 0 Å². The number of aromatic amines is 1. The highest BCUT2D eigenvalue weighted by molar-refractivity contribution is 6.05. The molecule has 1 aromatic rings. The number of hydrogen-bond donors (Lipinski definition) is 3. The van der Waals surface area contributed by atoms with Crippen LogP contribution in [0, 0.1) is 0 Å². The summed E-state index contributed by atoms with van der Waals surface area (Å²) in [6.07, 6.45) is -0.0612. The van der Waals surface area contributed by atoms with Crippen molar-refractivity contribution >= 4 is 17.8 Å². The average molecular weight is 307 g/mol. The van der Waals surface area contributed by atoms with E-state index in [-0.39, 0.29) is 17.7 Å². The smallest absolute Gasteiger partial charge is 0.322 e. The normalized spacial score (nSPS) is 18.1. The van der Waals surface area contributed by atoms with Gasteiger partial charge in [-0.15, -0.1) is 0 Å². The Hall–Kier alpha value is -2.38. The zero-order chi connectivity index (χ0) is 16.5. The molecule has 3 N–H and O–H groups in total. The third-order valence-electron chi connectivity index (χ3n) is 3.47. The molecule has 0 saturated carbocycles. The highest BCUT2D eigenvalue weighted by Crippen LogP contribution is 2.20. The predicted octanol–water partition coefficient (Wildman–Crippen LogP) is 0.264. The Morgan fingerprint density at radius 3 is 2.55 bits per heavy atom. The zero-order valence-electron chi connectivity index (χ0n) is 13.2. The van der Waals surface area contributed by atoms with Crippen LogP contribution in [0.3, 0.4) is 0 Å². The van der Waals surface area contributed by atoms with Gasteiger partial charge < -0.3 is 10.2 Å². The number of aromatic nitrogens is 2. The molecule has 1 aliphatic rings. The van der Waals surface area contributed by atoms with Gasteiger partial charge >= 0.3 is 6.03 Å². The summed E-state index contributed by atoms with van der Waals surface area (Å²) in [4.78, 5) is 36.1. The van der Waals surface area contributed by atoms with Crippen LogP contribution in [0.25, 0.3) is 0 Å². The van der Waals surface area contributed by atoms with Gasteiger partial charge in [-0.3, -0.25) is 20.0 Å². The Balaban J connectivity index is 1.93. The highest BCUT2D eigenvalue weighted by atomic mass is 16.2. The summed E-state index contributed by atoms with van der Waals surface area (Å²) in [6, 6.07) is 0.566. The van der Waals surface area contributed by atoms with Crippen LogP contribution in [0.4, 0.5) is 4.79 Å². The summed E-state index contributed by atoms with van der Waals surface area (Å²) in [5, 5.41) is 11.7. The topological polar surface area (TPSA) is 107 Å². The van der Waals surface area contributed by atoms with Gasteiger partial charge in [-0.1, -0.05) is 20.8 Å². The highest BCUT2D eigenvalue weighted by Gasteiger charge is 2.32. The summed E-state index contributed by atoms with van der Waals surface area (Å²) in [6.45, 7) is 6.54. The second-order valence-electron chi connectivity index (χ2n) is 6.50. The number of hydrogen-bond acceptors (Lipinski definition) is 4. The summed E-state index contributed by atoms with van der Waals surface area (Å²) in [5.74, 6) is -0.697. The lowest BCUT2D eigenvalue weighted by Crippen LogP contribution is -2.37. The number of rotatable bonds is 4. The molecule has 0 radical (unpaired) electrons. The fourth-order valence-corrected chi connectivity index (χ4v) is 2.10. The van der Waals surface area contributed by atoms with Crippen molar-refractivity contribution in [3.05, 3.63) is 17.5 Å². The Bertz CT molecular complexity index is 602. The second kappa shape index (κ2) is 5.78. The molecule has 8 heteroatoms. The van der Waals surface area contributed by atoms with E-state index in [2.05, 4.69) is 41.6 Å². The lowest BCUT2D eigenvalue weighted by Gasteiger charge is -2.17. The van der Waals surface area contributed by atoms with Gasteiger partial charge in [0.1, 0.15) is 6.04 Å². The number of urea groups is 1. The lowest BCUT2D eigenvalue weighted by molar-refractivity contribution is -0.133. The third-order valence-corrected chi connectivity index (χ3v) is 3.47. The minimum absolute atomic E-state index is 0.0612. The molecule has 1 fully saturated rings. The fourth-order valence-electron chi connectivity index (χ4n) is 2.10. The van der Waals surface area contributed by atoms with Crippen LogP contribution in [0.15, 0.2) is 6.07 Å². The number of carbonyl (C=O) groups is 3. The van der Waals surface area contributed by atoms with E-state index in [4.69, 9.17) is 0 Å². The summed E-state index contributed by atoms with van der Waals surface area (Å²) < 4.78 is 0. The molecule has 22 heavy (non-hydrogen) atoms. The van der Waals surface area contributed by atoms with Crippen molar-refractivity contribution in [2.45, 2.75) is 45.2 Å². The number of imide groups is 1.